The third-order valence-corrected chi connectivity index (χ3v) is 6.28. The highest BCUT2D eigenvalue weighted by molar-refractivity contribution is 9.12. The lowest BCUT2D eigenvalue weighted by Crippen LogP contribution is -2.19. The van der Waals surface area contributed by atoms with Crippen molar-refractivity contribution in [1.29, 1.82) is 0 Å². The minimum atomic E-state index is -0.387. The Morgan fingerprint density at radius 2 is 1.60 bits per heavy atom. The van der Waals surface area contributed by atoms with Gasteiger partial charge in [-0.25, -0.2) is 0 Å². The lowest BCUT2D eigenvalue weighted by atomic mass is 10.0. The third kappa shape index (κ3) is 3.64. The highest BCUT2D eigenvalue weighted by atomic mass is 79.9. The number of benzene rings is 2. The van der Waals surface area contributed by atoms with Gasteiger partial charge in [0.15, 0.2) is 5.78 Å². The van der Waals surface area contributed by atoms with Gasteiger partial charge in [-0.1, -0.05) is 85.4 Å². The molecule has 0 fully saturated rings. The van der Waals surface area contributed by atoms with Gasteiger partial charge in [0, 0.05) is 5.56 Å². The van der Waals surface area contributed by atoms with Gasteiger partial charge < -0.3 is 0 Å². The molecule has 2 atom stereocenters. The van der Waals surface area contributed by atoms with Crippen LogP contribution in [0.4, 0.5) is 0 Å². The van der Waals surface area contributed by atoms with E-state index in [2.05, 4.69) is 31.9 Å². The molecule has 1 nitrogen and oxygen atoms in total. The summed E-state index contributed by atoms with van der Waals surface area (Å²) in [5.74, 6) is -0.0469. The van der Waals surface area contributed by atoms with E-state index in [1.165, 1.54) is 0 Å². The molecule has 5 heteroatoms. The lowest BCUT2D eigenvalue weighted by Gasteiger charge is -2.16. The fourth-order valence-electron chi connectivity index (χ4n) is 1.75. The van der Waals surface area contributed by atoms with Crippen molar-refractivity contribution < 1.29 is 4.79 Å². The van der Waals surface area contributed by atoms with E-state index in [-0.39, 0.29) is 15.4 Å². The van der Waals surface area contributed by atoms with Crippen molar-refractivity contribution in [2.75, 3.05) is 0 Å². The molecule has 0 N–H and O–H groups in total. The van der Waals surface area contributed by atoms with E-state index in [1.54, 1.807) is 18.2 Å². The molecule has 0 aliphatic heterocycles. The first-order chi connectivity index (χ1) is 9.50. The van der Waals surface area contributed by atoms with Crippen molar-refractivity contribution in [2.45, 2.75) is 9.65 Å². The SMILES string of the molecule is O=C(c1ccc(Cl)c(Cl)c1)[C@H](Br)[C@@H](Br)c1ccccc1. The van der Waals surface area contributed by atoms with Crippen molar-refractivity contribution >= 4 is 60.8 Å². The minimum Gasteiger partial charge on any atom is -0.293 e. The first-order valence-electron chi connectivity index (χ1n) is 5.83. The zero-order valence-corrected chi connectivity index (χ0v) is 14.9. The zero-order valence-electron chi connectivity index (χ0n) is 10.2. The van der Waals surface area contributed by atoms with E-state index >= 15 is 0 Å². The lowest BCUT2D eigenvalue weighted by molar-refractivity contribution is 0.0991. The number of ketones is 1. The summed E-state index contributed by atoms with van der Waals surface area (Å²) in [4.78, 5) is 11.9. The van der Waals surface area contributed by atoms with Crippen LogP contribution in [-0.4, -0.2) is 10.6 Å². The molecule has 0 saturated heterocycles. The van der Waals surface area contributed by atoms with Gasteiger partial charge in [0.05, 0.1) is 19.7 Å². The molecule has 0 radical (unpaired) electrons. The Balaban J connectivity index is 2.22. The van der Waals surface area contributed by atoms with Crippen LogP contribution in [0.25, 0.3) is 0 Å². The number of carbonyl (C=O) groups is 1. The number of Topliss-reactive ketones (excluding diaryl/α,β-unsaturated/α-hetero) is 1. The third-order valence-electron chi connectivity index (χ3n) is 2.83. The first-order valence-corrected chi connectivity index (χ1v) is 8.42. The van der Waals surface area contributed by atoms with E-state index in [0.29, 0.717) is 15.6 Å². The number of carbonyl (C=O) groups excluding carboxylic acids is 1. The fourth-order valence-corrected chi connectivity index (χ4v) is 3.16. The molecule has 0 amide bonds. The Labute approximate surface area is 144 Å². The average molecular weight is 437 g/mol. The van der Waals surface area contributed by atoms with Crippen molar-refractivity contribution in [3.63, 3.8) is 0 Å². The molecule has 0 bridgehead atoms. The largest absolute Gasteiger partial charge is 0.293 e. The Bertz CT molecular complexity index is 617. The van der Waals surface area contributed by atoms with E-state index in [4.69, 9.17) is 23.2 Å². The molecule has 2 aromatic rings. The summed E-state index contributed by atoms with van der Waals surface area (Å²) in [5.41, 5.74) is 1.56. The van der Waals surface area contributed by atoms with Gasteiger partial charge in [-0.2, -0.15) is 0 Å². The quantitative estimate of drug-likeness (QED) is 0.419. The minimum absolute atomic E-state index is 0.0469. The smallest absolute Gasteiger partial charge is 0.177 e. The second-order valence-electron chi connectivity index (χ2n) is 4.21. The molecular weight excluding hydrogens is 427 g/mol. The summed E-state index contributed by atoms with van der Waals surface area (Å²) in [5, 5.41) is 0.816. The Hall–Kier alpha value is -0.350. The molecule has 0 spiro atoms. The molecule has 20 heavy (non-hydrogen) atoms. The van der Waals surface area contributed by atoms with E-state index < -0.39 is 0 Å². The number of hydrogen-bond donors (Lipinski definition) is 0. The summed E-state index contributed by atoms with van der Waals surface area (Å²) >= 11 is 18.8. The van der Waals surface area contributed by atoms with Crippen LogP contribution in [-0.2, 0) is 0 Å². The Morgan fingerprint density at radius 3 is 2.20 bits per heavy atom. The molecule has 0 heterocycles. The van der Waals surface area contributed by atoms with Gasteiger partial charge in [0.25, 0.3) is 0 Å². The van der Waals surface area contributed by atoms with Crippen LogP contribution in [0.15, 0.2) is 48.5 Å². The van der Waals surface area contributed by atoms with Crippen LogP contribution in [0.3, 0.4) is 0 Å². The van der Waals surface area contributed by atoms with E-state index in [1.807, 2.05) is 30.3 Å². The molecule has 0 aromatic heterocycles. The Morgan fingerprint density at radius 1 is 0.950 bits per heavy atom. The van der Waals surface area contributed by atoms with Crippen molar-refractivity contribution in [3.8, 4) is 0 Å². The monoisotopic (exact) mass is 434 g/mol. The van der Waals surface area contributed by atoms with E-state index in [0.717, 1.165) is 5.56 Å². The van der Waals surface area contributed by atoms with Crippen molar-refractivity contribution in [2.24, 2.45) is 0 Å². The fraction of sp³-hybridized carbons (Fsp3) is 0.133. The topological polar surface area (TPSA) is 17.1 Å². The highest BCUT2D eigenvalue weighted by Crippen LogP contribution is 2.34. The van der Waals surface area contributed by atoms with E-state index in [9.17, 15) is 4.79 Å². The van der Waals surface area contributed by atoms with Crippen LogP contribution in [0, 0.1) is 0 Å². The maximum Gasteiger partial charge on any atom is 0.177 e. The second kappa shape index (κ2) is 7.08. The molecule has 0 unspecified atom stereocenters. The summed E-state index contributed by atoms with van der Waals surface area (Å²) in [6.07, 6.45) is 0. The summed E-state index contributed by atoms with van der Waals surface area (Å²) in [7, 11) is 0. The first kappa shape index (κ1) is 16.0. The zero-order chi connectivity index (χ0) is 14.7. The van der Waals surface area contributed by atoms with Gasteiger partial charge in [-0.05, 0) is 23.8 Å². The second-order valence-corrected chi connectivity index (χ2v) is 6.99. The van der Waals surface area contributed by atoms with Gasteiger partial charge in [-0.15, -0.1) is 0 Å². The number of rotatable bonds is 4. The summed E-state index contributed by atoms with van der Waals surface area (Å²) in [6, 6.07) is 14.6. The molecule has 104 valence electrons. The van der Waals surface area contributed by atoms with Crippen molar-refractivity contribution in [1.82, 2.24) is 0 Å². The van der Waals surface area contributed by atoms with Gasteiger partial charge in [0.2, 0.25) is 0 Å². The molecule has 0 aliphatic carbocycles. The van der Waals surface area contributed by atoms with Gasteiger partial charge in [-0.3, -0.25) is 4.79 Å². The normalized spacial score (nSPS) is 13.8. The standard InChI is InChI=1S/C15H10Br2Cl2O/c16-13(9-4-2-1-3-5-9)14(17)15(20)10-6-7-11(18)12(19)8-10/h1-8,13-14H/t13-,14+/m0/s1. The number of hydrogen-bond acceptors (Lipinski definition) is 1. The van der Waals surface area contributed by atoms with Crippen LogP contribution < -0.4 is 0 Å². The number of alkyl halides is 2. The molecule has 2 rings (SSSR count). The predicted molar refractivity (Wildman–Crippen MR) is 91.6 cm³/mol. The number of halogens is 4. The molecule has 0 saturated carbocycles. The van der Waals surface area contributed by atoms with Crippen LogP contribution >= 0.6 is 55.1 Å². The average Bonchev–Trinajstić information content (AvgIpc) is 2.48. The van der Waals surface area contributed by atoms with Crippen LogP contribution in [0.5, 0.6) is 0 Å². The van der Waals surface area contributed by atoms with Gasteiger partial charge >= 0.3 is 0 Å². The molecule has 2 aromatic carbocycles. The Kier molecular flexibility index (Phi) is 5.67. The molecular formula is C15H10Br2Cl2O. The van der Waals surface area contributed by atoms with Crippen molar-refractivity contribution in [3.05, 3.63) is 69.7 Å². The summed E-state index contributed by atoms with van der Waals surface area (Å²) < 4.78 is 0. The maximum absolute atomic E-state index is 12.4. The maximum atomic E-state index is 12.4. The van der Waals surface area contributed by atoms with Gasteiger partial charge in [0.1, 0.15) is 0 Å². The van der Waals surface area contributed by atoms with Crippen LogP contribution in [0.1, 0.15) is 20.7 Å². The molecule has 0 aliphatic rings. The summed E-state index contributed by atoms with van der Waals surface area (Å²) in [6.45, 7) is 0. The highest BCUT2D eigenvalue weighted by Gasteiger charge is 2.26. The van der Waals surface area contributed by atoms with Crippen LogP contribution in [0.2, 0.25) is 10.0 Å². The predicted octanol–water partition coefficient (Wildman–Crippen LogP) is 6.08.